The largest absolute Gasteiger partial charge is 0.493 e. The SMILES string of the molecule is COc1ccc(CN(C)CC(=O)Nc2c(C)nn(C)c2C)cc1OC. The van der Waals surface area contributed by atoms with Gasteiger partial charge in [0.2, 0.25) is 5.91 Å². The number of aryl methyl sites for hydroxylation is 2. The summed E-state index contributed by atoms with van der Waals surface area (Å²) in [5.41, 5.74) is 3.58. The summed E-state index contributed by atoms with van der Waals surface area (Å²) in [7, 11) is 6.98. The van der Waals surface area contributed by atoms with Crippen molar-refractivity contribution >= 4 is 11.6 Å². The second-order valence-corrected chi connectivity index (χ2v) is 6.08. The van der Waals surface area contributed by atoms with Crippen molar-refractivity contribution in [2.75, 3.05) is 33.1 Å². The molecular formula is C18H26N4O3. The van der Waals surface area contributed by atoms with Crippen LogP contribution < -0.4 is 14.8 Å². The summed E-state index contributed by atoms with van der Waals surface area (Å²) in [5.74, 6) is 1.30. The zero-order valence-corrected chi connectivity index (χ0v) is 15.7. The Kier molecular flexibility index (Phi) is 6.03. The Balaban J connectivity index is 1.97. The molecule has 1 amide bonds. The van der Waals surface area contributed by atoms with Gasteiger partial charge < -0.3 is 14.8 Å². The quantitative estimate of drug-likeness (QED) is 0.832. The van der Waals surface area contributed by atoms with E-state index in [1.165, 1.54) is 0 Å². The van der Waals surface area contributed by atoms with Crippen molar-refractivity contribution in [3.63, 3.8) is 0 Å². The number of rotatable bonds is 7. The van der Waals surface area contributed by atoms with Crippen molar-refractivity contribution in [3.8, 4) is 11.5 Å². The third-order valence-corrected chi connectivity index (χ3v) is 4.09. The monoisotopic (exact) mass is 346 g/mol. The summed E-state index contributed by atoms with van der Waals surface area (Å²) in [6, 6.07) is 5.75. The zero-order chi connectivity index (χ0) is 18.6. The molecule has 0 bridgehead atoms. The van der Waals surface area contributed by atoms with E-state index in [4.69, 9.17) is 9.47 Å². The Morgan fingerprint density at radius 1 is 1.24 bits per heavy atom. The van der Waals surface area contributed by atoms with E-state index in [2.05, 4.69) is 10.4 Å². The number of benzene rings is 1. The van der Waals surface area contributed by atoms with E-state index in [9.17, 15) is 4.79 Å². The maximum absolute atomic E-state index is 12.3. The van der Waals surface area contributed by atoms with Crippen LogP contribution in [-0.4, -0.2) is 48.4 Å². The molecule has 7 heteroatoms. The highest BCUT2D eigenvalue weighted by molar-refractivity contribution is 5.93. The summed E-state index contributed by atoms with van der Waals surface area (Å²) in [5, 5.41) is 7.26. The van der Waals surface area contributed by atoms with Gasteiger partial charge in [0.1, 0.15) is 0 Å². The molecule has 1 aromatic heterocycles. The molecule has 0 saturated heterocycles. The lowest BCUT2D eigenvalue weighted by molar-refractivity contribution is -0.117. The lowest BCUT2D eigenvalue weighted by atomic mass is 10.2. The minimum atomic E-state index is -0.0674. The summed E-state index contributed by atoms with van der Waals surface area (Å²) < 4.78 is 12.3. The van der Waals surface area contributed by atoms with Crippen molar-refractivity contribution in [2.24, 2.45) is 7.05 Å². The molecule has 1 heterocycles. The number of likely N-dealkylation sites (N-methyl/N-ethyl adjacent to an activating group) is 1. The summed E-state index contributed by atoms with van der Waals surface area (Å²) in [4.78, 5) is 14.3. The lowest BCUT2D eigenvalue weighted by Crippen LogP contribution is -2.30. The molecule has 2 rings (SSSR count). The van der Waals surface area contributed by atoms with Gasteiger partial charge in [-0.2, -0.15) is 5.10 Å². The number of nitrogens with one attached hydrogen (secondary N) is 1. The van der Waals surface area contributed by atoms with Crippen molar-refractivity contribution in [1.82, 2.24) is 14.7 Å². The predicted octanol–water partition coefficient (Wildman–Crippen LogP) is 2.12. The van der Waals surface area contributed by atoms with Gasteiger partial charge in [-0.25, -0.2) is 0 Å². The first-order valence-corrected chi connectivity index (χ1v) is 8.05. The Morgan fingerprint density at radius 3 is 2.48 bits per heavy atom. The first-order chi connectivity index (χ1) is 11.8. The Hall–Kier alpha value is -2.54. The van der Waals surface area contributed by atoms with Crippen LogP contribution in [0.15, 0.2) is 18.2 Å². The van der Waals surface area contributed by atoms with Crippen molar-refractivity contribution < 1.29 is 14.3 Å². The van der Waals surface area contributed by atoms with Gasteiger partial charge in [-0.1, -0.05) is 6.07 Å². The smallest absolute Gasteiger partial charge is 0.238 e. The molecule has 0 saturated carbocycles. The van der Waals surface area contributed by atoms with E-state index in [1.807, 2.05) is 51.0 Å². The van der Waals surface area contributed by atoms with Crippen molar-refractivity contribution in [1.29, 1.82) is 0 Å². The normalized spacial score (nSPS) is 10.8. The average molecular weight is 346 g/mol. The minimum absolute atomic E-state index is 0.0674. The predicted molar refractivity (Wildman–Crippen MR) is 97.2 cm³/mol. The van der Waals surface area contributed by atoms with Crippen LogP contribution in [0.25, 0.3) is 0 Å². The number of hydrogen-bond donors (Lipinski definition) is 1. The maximum atomic E-state index is 12.3. The first-order valence-electron chi connectivity index (χ1n) is 8.05. The highest BCUT2D eigenvalue weighted by Gasteiger charge is 2.14. The summed E-state index contributed by atoms with van der Waals surface area (Å²) >= 11 is 0. The van der Waals surface area contributed by atoms with Gasteiger partial charge in [-0.3, -0.25) is 14.4 Å². The van der Waals surface area contributed by atoms with Gasteiger partial charge in [0.05, 0.1) is 37.8 Å². The molecule has 25 heavy (non-hydrogen) atoms. The number of carbonyl (C=O) groups excluding carboxylic acids is 1. The van der Waals surface area contributed by atoms with Gasteiger partial charge in [0.15, 0.2) is 11.5 Å². The molecule has 0 aliphatic heterocycles. The molecule has 0 unspecified atom stereocenters. The average Bonchev–Trinajstić information content (AvgIpc) is 2.80. The summed E-state index contributed by atoms with van der Waals surface area (Å²) in [6.07, 6.45) is 0. The fourth-order valence-corrected chi connectivity index (χ4v) is 2.73. The molecule has 0 aliphatic carbocycles. The fraction of sp³-hybridized carbons (Fsp3) is 0.444. The van der Waals surface area contributed by atoms with Gasteiger partial charge in [-0.05, 0) is 38.6 Å². The van der Waals surface area contributed by atoms with Crippen molar-refractivity contribution in [2.45, 2.75) is 20.4 Å². The molecule has 1 aromatic carbocycles. The van der Waals surface area contributed by atoms with Crippen LogP contribution in [0.4, 0.5) is 5.69 Å². The minimum Gasteiger partial charge on any atom is -0.493 e. The van der Waals surface area contributed by atoms with E-state index < -0.39 is 0 Å². The molecule has 0 spiro atoms. The van der Waals surface area contributed by atoms with Gasteiger partial charge >= 0.3 is 0 Å². The van der Waals surface area contributed by atoms with E-state index in [-0.39, 0.29) is 12.5 Å². The summed E-state index contributed by atoms with van der Waals surface area (Å²) in [6.45, 7) is 4.72. The third kappa shape index (κ3) is 4.51. The number of ether oxygens (including phenoxy) is 2. The van der Waals surface area contributed by atoms with Crippen LogP contribution in [0.1, 0.15) is 17.0 Å². The van der Waals surface area contributed by atoms with Crippen LogP contribution in [0.3, 0.4) is 0 Å². The Bertz CT molecular complexity index is 755. The van der Waals surface area contributed by atoms with E-state index >= 15 is 0 Å². The molecular weight excluding hydrogens is 320 g/mol. The molecule has 0 aliphatic rings. The molecule has 0 fully saturated rings. The molecule has 7 nitrogen and oxygen atoms in total. The topological polar surface area (TPSA) is 68.6 Å². The molecule has 2 aromatic rings. The van der Waals surface area contributed by atoms with Crippen molar-refractivity contribution in [3.05, 3.63) is 35.2 Å². The molecule has 0 radical (unpaired) electrons. The van der Waals surface area contributed by atoms with Crippen LogP contribution >= 0.6 is 0 Å². The van der Waals surface area contributed by atoms with E-state index in [0.717, 1.165) is 22.6 Å². The number of aromatic nitrogens is 2. The highest BCUT2D eigenvalue weighted by atomic mass is 16.5. The fourth-order valence-electron chi connectivity index (χ4n) is 2.73. The second kappa shape index (κ2) is 8.02. The zero-order valence-electron chi connectivity index (χ0n) is 15.7. The van der Waals surface area contributed by atoms with Crippen LogP contribution in [0.2, 0.25) is 0 Å². The Morgan fingerprint density at radius 2 is 1.92 bits per heavy atom. The number of nitrogens with zero attached hydrogens (tertiary/aromatic N) is 3. The Labute approximate surface area is 148 Å². The van der Waals surface area contributed by atoms with E-state index in [0.29, 0.717) is 18.0 Å². The van der Waals surface area contributed by atoms with Gasteiger partial charge in [-0.15, -0.1) is 0 Å². The van der Waals surface area contributed by atoms with Crippen LogP contribution in [0, 0.1) is 13.8 Å². The number of anilines is 1. The number of amides is 1. The van der Waals surface area contributed by atoms with Gasteiger partial charge in [0, 0.05) is 13.6 Å². The highest BCUT2D eigenvalue weighted by Crippen LogP contribution is 2.28. The standard InChI is InChI=1S/C18H26N4O3/c1-12-18(13(2)22(4)20-12)19-17(23)11-21(3)10-14-7-8-15(24-5)16(9-14)25-6/h7-9H,10-11H2,1-6H3,(H,19,23). The molecule has 0 atom stereocenters. The lowest BCUT2D eigenvalue weighted by Gasteiger charge is -2.17. The molecule has 1 N–H and O–H groups in total. The van der Waals surface area contributed by atoms with Crippen LogP contribution in [0.5, 0.6) is 11.5 Å². The van der Waals surface area contributed by atoms with E-state index in [1.54, 1.807) is 18.9 Å². The number of hydrogen-bond acceptors (Lipinski definition) is 5. The number of methoxy groups -OCH3 is 2. The van der Waals surface area contributed by atoms with Crippen LogP contribution in [-0.2, 0) is 18.4 Å². The second-order valence-electron chi connectivity index (χ2n) is 6.08. The third-order valence-electron chi connectivity index (χ3n) is 4.09. The number of carbonyl (C=O) groups is 1. The van der Waals surface area contributed by atoms with Gasteiger partial charge in [0.25, 0.3) is 0 Å². The maximum Gasteiger partial charge on any atom is 0.238 e. The molecule has 136 valence electrons. The first kappa shape index (κ1) is 18.8.